The maximum atomic E-state index is 15.1. The van der Waals surface area contributed by atoms with Crippen molar-refractivity contribution in [2.24, 2.45) is 0 Å². The number of rotatable bonds is 6. The lowest BCUT2D eigenvalue weighted by molar-refractivity contribution is -0.159. The van der Waals surface area contributed by atoms with Crippen LogP contribution in [-0.2, 0) is 40.7 Å². The van der Waals surface area contributed by atoms with E-state index < -0.39 is 41.1 Å². The van der Waals surface area contributed by atoms with Gasteiger partial charge in [0.1, 0.15) is 17.1 Å². The molecule has 8 nitrogen and oxygen atoms in total. The molecular weight excluding hydrogens is 575 g/mol. The third-order valence-electron chi connectivity index (χ3n) is 8.15. The van der Waals surface area contributed by atoms with Gasteiger partial charge in [-0.3, -0.25) is 4.79 Å². The van der Waals surface area contributed by atoms with E-state index in [1.807, 2.05) is 80.6 Å². The van der Waals surface area contributed by atoms with Crippen molar-refractivity contribution in [1.29, 1.82) is 0 Å². The van der Waals surface area contributed by atoms with Gasteiger partial charge in [-0.2, -0.15) is 0 Å². The second kappa shape index (κ2) is 11.7. The Morgan fingerprint density at radius 3 is 2.09 bits per heavy atom. The third-order valence-corrected chi connectivity index (χ3v) is 8.15. The molecule has 0 bridgehead atoms. The quantitative estimate of drug-likeness (QED) is 0.248. The first kappa shape index (κ1) is 29.8. The summed E-state index contributed by atoms with van der Waals surface area (Å²) < 4.78 is 32.5. The number of carbonyl (C=O) groups excluding carboxylic acids is 3. The fraction of sp³-hybridized carbons (Fsp3) is 0.194. The van der Waals surface area contributed by atoms with Crippen molar-refractivity contribution in [2.75, 3.05) is 24.0 Å². The van der Waals surface area contributed by atoms with Crippen LogP contribution < -0.4 is 9.80 Å². The molecule has 1 spiro atoms. The Morgan fingerprint density at radius 2 is 1.47 bits per heavy atom. The molecule has 9 heteroatoms. The van der Waals surface area contributed by atoms with Gasteiger partial charge in [-0.1, -0.05) is 77.9 Å². The molecule has 0 aromatic heterocycles. The van der Waals surface area contributed by atoms with E-state index >= 15 is 4.39 Å². The van der Waals surface area contributed by atoms with Crippen LogP contribution in [0.1, 0.15) is 34.0 Å². The average Bonchev–Trinajstić information content (AvgIpc) is 3.27. The van der Waals surface area contributed by atoms with Crippen LogP contribution in [0.3, 0.4) is 0 Å². The number of fused-ring (bicyclic) bond motifs is 2. The van der Waals surface area contributed by atoms with E-state index in [1.54, 1.807) is 12.1 Å². The van der Waals surface area contributed by atoms with Gasteiger partial charge in [-0.25, -0.2) is 14.0 Å². The molecule has 0 aliphatic carbocycles. The lowest BCUT2D eigenvalue weighted by Gasteiger charge is -2.46. The number of halogens is 1. The van der Waals surface area contributed by atoms with Gasteiger partial charge >= 0.3 is 11.9 Å². The van der Waals surface area contributed by atoms with E-state index in [2.05, 4.69) is 0 Å². The van der Waals surface area contributed by atoms with Gasteiger partial charge in [0.2, 0.25) is 5.60 Å². The minimum absolute atomic E-state index is 0.0749. The molecule has 0 saturated heterocycles. The van der Waals surface area contributed by atoms with Gasteiger partial charge in [0.05, 0.1) is 26.5 Å². The van der Waals surface area contributed by atoms with E-state index in [0.717, 1.165) is 23.8 Å². The monoisotopic (exact) mass is 606 g/mol. The Morgan fingerprint density at radius 1 is 0.844 bits per heavy atom. The maximum absolute atomic E-state index is 15.1. The number of amides is 1. The van der Waals surface area contributed by atoms with Crippen molar-refractivity contribution in [3.05, 3.63) is 142 Å². The summed E-state index contributed by atoms with van der Waals surface area (Å²) in [5.74, 6) is -3.22. The van der Waals surface area contributed by atoms with Crippen LogP contribution >= 0.6 is 0 Å². The summed E-state index contributed by atoms with van der Waals surface area (Å²) in [7, 11) is 2.33. The molecule has 4 aromatic rings. The fourth-order valence-corrected chi connectivity index (χ4v) is 5.96. The molecule has 0 radical (unpaired) electrons. The minimum atomic E-state index is -2.26. The van der Waals surface area contributed by atoms with Gasteiger partial charge in [0, 0.05) is 16.8 Å². The van der Waals surface area contributed by atoms with Gasteiger partial charge in [0.25, 0.3) is 5.91 Å². The van der Waals surface area contributed by atoms with Gasteiger partial charge < -0.3 is 24.0 Å². The highest BCUT2D eigenvalue weighted by molar-refractivity contribution is 6.17. The van der Waals surface area contributed by atoms with E-state index in [9.17, 15) is 14.4 Å². The topological polar surface area (TPSA) is 85.4 Å². The molecule has 2 aliphatic rings. The second-order valence-corrected chi connectivity index (χ2v) is 11.0. The standard InChI is InChI=1S/C36H31FN2O6/c1-22-10-14-25(15-11-22)32-39(27-17-12-23(2)13-18-27)31(34(41)44-4)30(33(40)43-3)36(45-32)28-20-26(37)16-19-29(28)38(35(36)42)21-24-8-6-5-7-9-24/h5-20,32H,21H2,1-4H3/t32-,36-/m0/s1. The molecule has 45 heavy (non-hydrogen) atoms. The molecule has 0 N–H and O–H groups in total. The Kier molecular flexibility index (Phi) is 7.72. The van der Waals surface area contributed by atoms with Crippen LogP contribution in [0, 0.1) is 19.7 Å². The van der Waals surface area contributed by atoms with Crippen molar-refractivity contribution in [3.63, 3.8) is 0 Å². The van der Waals surface area contributed by atoms with Gasteiger partial charge in [-0.15, -0.1) is 0 Å². The number of hydrogen-bond acceptors (Lipinski definition) is 7. The van der Waals surface area contributed by atoms with Gasteiger partial charge in [-0.05, 0) is 49.7 Å². The fourth-order valence-electron chi connectivity index (χ4n) is 5.96. The van der Waals surface area contributed by atoms with E-state index in [4.69, 9.17) is 14.2 Å². The summed E-state index contributed by atoms with van der Waals surface area (Å²) in [4.78, 5) is 45.7. The number of methoxy groups -OCH3 is 2. The minimum Gasteiger partial charge on any atom is -0.465 e. The summed E-state index contributed by atoms with van der Waals surface area (Å²) in [6.07, 6.45) is -1.13. The van der Waals surface area contributed by atoms with Crippen LogP contribution in [0.15, 0.2) is 108 Å². The Labute approximate surface area is 260 Å². The first-order valence-corrected chi connectivity index (χ1v) is 14.4. The maximum Gasteiger partial charge on any atom is 0.355 e. The number of carbonyl (C=O) groups is 3. The molecule has 0 fully saturated rings. The van der Waals surface area contributed by atoms with Crippen molar-refractivity contribution in [3.8, 4) is 0 Å². The molecule has 0 unspecified atom stereocenters. The van der Waals surface area contributed by atoms with Gasteiger partial charge in [0.15, 0.2) is 6.23 Å². The number of nitrogens with zero attached hydrogens (tertiary/aromatic N) is 2. The normalized spacial score (nSPS) is 19.1. The highest BCUT2D eigenvalue weighted by Gasteiger charge is 2.63. The second-order valence-electron chi connectivity index (χ2n) is 11.0. The molecule has 0 saturated carbocycles. The smallest absolute Gasteiger partial charge is 0.355 e. The van der Waals surface area contributed by atoms with E-state index in [0.29, 0.717) is 16.9 Å². The first-order chi connectivity index (χ1) is 21.7. The molecular formula is C36H31FN2O6. The summed E-state index contributed by atoms with van der Waals surface area (Å²) in [6, 6.07) is 27.8. The van der Waals surface area contributed by atoms with Crippen molar-refractivity contribution in [1.82, 2.24) is 0 Å². The molecule has 4 aromatic carbocycles. The summed E-state index contributed by atoms with van der Waals surface area (Å²) in [5.41, 5.74) is 1.29. The lowest BCUT2D eigenvalue weighted by atomic mass is 9.82. The van der Waals surface area contributed by atoms with Crippen molar-refractivity contribution < 1.29 is 33.0 Å². The predicted molar refractivity (Wildman–Crippen MR) is 165 cm³/mol. The van der Waals surface area contributed by atoms with Crippen LogP contribution in [0.4, 0.5) is 15.8 Å². The van der Waals surface area contributed by atoms with E-state index in [1.165, 1.54) is 35.1 Å². The Hall–Kier alpha value is -5.28. The zero-order valence-corrected chi connectivity index (χ0v) is 25.2. The highest BCUT2D eigenvalue weighted by atomic mass is 19.1. The summed E-state index contributed by atoms with van der Waals surface area (Å²) in [6.45, 7) is 3.95. The number of aryl methyl sites for hydroxylation is 2. The third kappa shape index (κ3) is 4.95. The number of esters is 2. The summed E-state index contributed by atoms with van der Waals surface area (Å²) in [5, 5.41) is 0. The van der Waals surface area contributed by atoms with Crippen molar-refractivity contribution in [2.45, 2.75) is 32.2 Å². The molecule has 6 rings (SSSR count). The number of ether oxygens (including phenoxy) is 3. The highest BCUT2D eigenvalue weighted by Crippen LogP contribution is 2.55. The first-order valence-electron chi connectivity index (χ1n) is 14.4. The number of hydrogen-bond donors (Lipinski definition) is 0. The zero-order chi connectivity index (χ0) is 31.9. The molecule has 2 heterocycles. The summed E-state index contributed by atoms with van der Waals surface area (Å²) >= 11 is 0. The number of anilines is 2. The molecule has 1 amide bonds. The van der Waals surface area contributed by atoms with Crippen LogP contribution in [0.25, 0.3) is 0 Å². The molecule has 228 valence electrons. The Balaban J connectivity index is 1.70. The number of benzene rings is 4. The van der Waals surface area contributed by atoms with E-state index in [-0.39, 0.29) is 17.8 Å². The van der Waals surface area contributed by atoms with Crippen LogP contribution in [0.5, 0.6) is 0 Å². The predicted octanol–water partition coefficient (Wildman–Crippen LogP) is 6.02. The van der Waals surface area contributed by atoms with Crippen molar-refractivity contribution >= 4 is 29.2 Å². The Bertz CT molecular complexity index is 1820. The largest absolute Gasteiger partial charge is 0.465 e. The van der Waals surface area contributed by atoms with Crippen LogP contribution in [0.2, 0.25) is 0 Å². The molecule has 2 aliphatic heterocycles. The SMILES string of the molecule is COC(=O)C1=C(C(=O)OC)[C@]2(O[C@@H](c3ccc(C)cc3)N1c1ccc(C)cc1)C(=O)N(Cc1ccccc1)c1ccc(F)cc12. The zero-order valence-electron chi connectivity index (χ0n) is 25.2. The van der Waals surface area contributed by atoms with Crippen LogP contribution in [-0.4, -0.2) is 32.1 Å². The lowest BCUT2D eigenvalue weighted by Crippen LogP contribution is -2.55. The average molecular weight is 607 g/mol. The molecule has 2 atom stereocenters.